The topological polar surface area (TPSA) is 81.7 Å². The molecule has 0 unspecified atom stereocenters. The number of pyridine rings is 1. The zero-order valence-corrected chi connectivity index (χ0v) is 19.5. The monoisotopic (exact) mass is 501 g/mol. The predicted molar refractivity (Wildman–Crippen MR) is 124 cm³/mol. The number of rotatable bonds is 3. The summed E-state index contributed by atoms with van der Waals surface area (Å²) in [7, 11) is 1.52. The maximum atomic E-state index is 13.6. The van der Waals surface area contributed by atoms with Crippen molar-refractivity contribution >= 4 is 22.7 Å². The smallest absolute Gasteiger partial charge is 0.416 e. The van der Waals surface area contributed by atoms with Gasteiger partial charge in [-0.15, -0.1) is 0 Å². The van der Waals surface area contributed by atoms with Crippen LogP contribution in [0.2, 0.25) is 0 Å². The lowest BCUT2D eigenvalue weighted by atomic mass is 9.82. The van der Waals surface area contributed by atoms with Gasteiger partial charge >= 0.3 is 11.8 Å². The van der Waals surface area contributed by atoms with Gasteiger partial charge in [0.25, 0.3) is 5.56 Å². The Hall–Kier alpha value is -3.66. The highest BCUT2D eigenvalue weighted by atomic mass is 32.2. The Balaban J connectivity index is 1.72. The van der Waals surface area contributed by atoms with Gasteiger partial charge in [-0.2, -0.15) is 13.2 Å². The fourth-order valence-corrected chi connectivity index (χ4v) is 5.17. The number of aromatic nitrogens is 1. The molecule has 1 N–H and O–H groups in total. The molecule has 0 saturated carbocycles. The van der Waals surface area contributed by atoms with Crippen molar-refractivity contribution < 1.29 is 27.4 Å². The van der Waals surface area contributed by atoms with Gasteiger partial charge in [-0.3, -0.25) is 9.36 Å². The highest BCUT2D eigenvalue weighted by Gasteiger charge is 2.41. The standard InChI is InChI=1S/C25H18F3NO5S/c1-24(2)15-10-12(25(26,27)28)4-9-16(15)29-18(24)11-17-19(22(29)31)20(30)21(23(32)34-17)35-14-7-5-13(33-3)6-8-14/h4-11,30H,1-3H3. The minimum atomic E-state index is -4.55. The molecule has 0 amide bonds. The molecule has 2 aromatic carbocycles. The van der Waals surface area contributed by atoms with E-state index in [2.05, 4.69) is 0 Å². The number of halogens is 3. The van der Waals surface area contributed by atoms with Crippen LogP contribution in [0, 0.1) is 0 Å². The summed E-state index contributed by atoms with van der Waals surface area (Å²) >= 11 is 0.922. The third kappa shape index (κ3) is 3.51. The Morgan fingerprint density at radius 2 is 1.74 bits per heavy atom. The largest absolute Gasteiger partial charge is 0.505 e. The highest BCUT2D eigenvalue weighted by Crippen LogP contribution is 2.45. The Labute approximate surface area is 200 Å². The summed E-state index contributed by atoms with van der Waals surface area (Å²) in [6, 6.07) is 11.3. The first-order chi connectivity index (χ1) is 16.4. The van der Waals surface area contributed by atoms with Gasteiger partial charge in [-0.05, 0) is 48.0 Å². The molecule has 4 aromatic rings. The first kappa shape index (κ1) is 23.1. The van der Waals surface area contributed by atoms with E-state index in [0.29, 0.717) is 21.9 Å². The number of hydrogen-bond acceptors (Lipinski definition) is 6. The first-order valence-corrected chi connectivity index (χ1v) is 11.3. The van der Waals surface area contributed by atoms with Gasteiger partial charge in [0.05, 0.1) is 18.4 Å². The highest BCUT2D eigenvalue weighted by molar-refractivity contribution is 7.99. The van der Waals surface area contributed by atoms with Crippen molar-refractivity contribution in [1.29, 1.82) is 0 Å². The van der Waals surface area contributed by atoms with Crippen molar-refractivity contribution in [1.82, 2.24) is 4.57 Å². The third-order valence-electron chi connectivity index (χ3n) is 6.17. The molecule has 180 valence electrons. The van der Waals surface area contributed by atoms with E-state index in [1.54, 1.807) is 38.1 Å². The van der Waals surface area contributed by atoms with Crippen LogP contribution in [0.5, 0.6) is 11.5 Å². The van der Waals surface area contributed by atoms with Crippen LogP contribution in [-0.2, 0) is 11.6 Å². The van der Waals surface area contributed by atoms with Crippen molar-refractivity contribution in [3.63, 3.8) is 0 Å². The van der Waals surface area contributed by atoms with E-state index in [0.717, 1.165) is 23.9 Å². The van der Waals surface area contributed by atoms with Gasteiger partial charge in [-0.25, -0.2) is 4.79 Å². The van der Waals surface area contributed by atoms with Crippen LogP contribution >= 0.6 is 11.8 Å². The number of nitrogens with zero attached hydrogens (tertiary/aromatic N) is 1. The van der Waals surface area contributed by atoms with Crippen molar-refractivity contribution in [2.45, 2.75) is 35.2 Å². The number of methoxy groups -OCH3 is 1. The van der Waals surface area contributed by atoms with Crippen molar-refractivity contribution in [2.24, 2.45) is 0 Å². The van der Waals surface area contributed by atoms with Gasteiger partial charge in [0.1, 0.15) is 21.6 Å². The fourth-order valence-electron chi connectivity index (χ4n) is 4.34. The number of ether oxygens (including phenoxy) is 1. The lowest BCUT2D eigenvalue weighted by Crippen LogP contribution is -2.24. The molecule has 0 bridgehead atoms. The molecule has 10 heteroatoms. The van der Waals surface area contributed by atoms with E-state index < -0.39 is 34.1 Å². The van der Waals surface area contributed by atoms with Crippen LogP contribution in [0.3, 0.4) is 0 Å². The molecule has 0 aliphatic carbocycles. The van der Waals surface area contributed by atoms with Crippen LogP contribution in [0.1, 0.15) is 30.7 Å². The normalized spacial score (nSPS) is 14.1. The molecule has 0 spiro atoms. The molecule has 1 aliphatic heterocycles. The molecule has 3 heterocycles. The number of aromatic hydroxyl groups is 1. The zero-order valence-electron chi connectivity index (χ0n) is 18.7. The summed E-state index contributed by atoms with van der Waals surface area (Å²) in [6.45, 7) is 3.36. The van der Waals surface area contributed by atoms with Crippen LogP contribution in [0.15, 0.2) is 72.3 Å². The average molecular weight is 501 g/mol. The van der Waals surface area contributed by atoms with E-state index in [4.69, 9.17) is 9.15 Å². The fraction of sp³-hybridized carbons (Fsp3) is 0.200. The summed E-state index contributed by atoms with van der Waals surface area (Å²) in [5.41, 5.74) is -2.57. The molecular formula is C25H18F3NO5S. The van der Waals surface area contributed by atoms with Crippen LogP contribution in [-0.4, -0.2) is 16.8 Å². The lowest BCUT2D eigenvalue weighted by Gasteiger charge is -2.21. The number of benzene rings is 2. The van der Waals surface area contributed by atoms with Gasteiger partial charge in [0, 0.05) is 22.1 Å². The Morgan fingerprint density at radius 3 is 2.37 bits per heavy atom. The van der Waals surface area contributed by atoms with Crippen molar-refractivity contribution in [2.75, 3.05) is 7.11 Å². The van der Waals surface area contributed by atoms with Gasteiger partial charge in [0.2, 0.25) is 0 Å². The molecule has 6 nitrogen and oxygen atoms in total. The maximum Gasteiger partial charge on any atom is 0.416 e. The molecule has 0 fully saturated rings. The van der Waals surface area contributed by atoms with Crippen LogP contribution < -0.4 is 15.9 Å². The summed E-state index contributed by atoms with van der Waals surface area (Å²) in [5, 5.41) is 10.7. The molecule has 5 rings (SSSR count). The average Bonchev–Trinajstić information content (AvgIpc) is 3.03. The van der Waals surface area contributed by atoms with E-state index >= 15 is 0 Å². The van der Waals surface area contributed by atoms with Gasteiger partial charge < -0.3 is 14.3 Å². The molecular weight excluding hydrogens is 483 g/mol. The number of alkyl halides is 3. The first-order valence-electron chi connectivity index (χ1n) is 10.4. The van der Waals surface area contributed by atoms with E-state index in [9.17, 15) is 27.9 Å². The third-order valence-corrected chi connectivity index (χ3v) is 7.24. The predicted octanol–water partition coefficient (Wildman–Crippen LogP) is 5.47. The van der Waals surface area contributed by atoms with Crippen LogP contribution in [0.25, 0.3) is 16.7 Å². The quantitative estimate of drug-likeness (QED) is 0.401. The summed E-state index contributed by atoms with van der Waals surface area (Å²) in [5.74, 6) is 0.0587. The molecule has 0 atom stereocenters. The molecule has 2 aromatic heterocycles. The Morgan fingerprint density at radius 1 is 1.06 bits per heavy atom. The summed E-state index contributed by atoms with van der Waals surface area (Å²) in [6.07, 6.45) is -4.55. The molecule has 0 saturated heterocycles. The van der Waals surface area contributed by atoms with E-state index in [1.807, 2.05) is 0 Å². The lowest BCUT2D eigenvalue weighted by molar-refractivity contribution is -0.137. The van der Waals surface area contributed by atoms with E-state index in [-0.39, 0.29) is 21.6 Å². The van der Waals surface area contributed by atoms with Gasteiger partial charge in [0.15, 0.2) is 5.75 Å². The zero-order chi connectivity index (χ0) is 25.3. The minimum Gasteiger partial charge on any atom is -0.505 e. The minimum absolute atomic E-state index is 0.139. The summed E-state index contributed by atoms with van der Waals surface area (Å²) < 4.78 is 51.8. The van der Waals surface area contributed by atoms with Crippen LogP contribution in [0.4, 0.5) is 13.2 Å². The maximum absolute atomic E-state index is 13.6. The second-order valence-electron chi connectivity index (χ2n) is 8.61. The molecule has 0 radical (unpaired) electrons. The Bertz CT molecular complexity index is 1620. The second kappa shape index (κ2) is 7.67. The SMILES string of the molecule is COc1ccc(Sc2c(O)c3c(=O)n4c(cc3oc2=O)C(C)(C)c2cc(C(F)(F)F)ccc2-4)cc1. The van der Waals surface area contributed by atoms with Crippen molar-refractivity contribution in [3.05, 3.63) is 86.1 Å². The van der Waals surface area contributed by atoms with E-state index in [1.165, 1.54) is 23.8 Å². The molecule has 35 heavy (non-hydrogen) atoms. The number of hydrogen-bond donors (Lipinski definition) is 1. The second-order valence-corrected chi connectivity index (χ2v) is 9.69. The van der Waals surface area contributed by atoms with Crippen molar-refractivity contribution in [3.8, 4) is 17.2 Å². The molecule has 1 aliphatic rings. The Kier molecular flexibility index (Phi) is 5.06. The number of fused-ring (bicyclic) bond motifs is 4. The van der Waals surface area contributed by atoms with Gasteiger partial charge in [-0.1, -0.05) is 25.6 Å². The summed E-state index contributed by atoms with van der Waals surface area (Å²) in [4.78, 5) is 26.7.